The Bertz CT molecular complexity index is 563. The molecule has 2 heterocycles. The lowest BCUT2D eigenvalue weighted by Crippen LogP contribution is -2.30. The van der Waals surface area contributed by atoms with Crippen molar-refractivity contribution in [1.29, 1.82) is 0 Å². The van der Waals surface area contributed by atoms with E-state index in [4.69, 9.17) is 0 Å². The van der Waals surface area contributed by atoms with Gasteiger partial charge < -0.3 is 5.32 Å². The first-order valence-corrected chi connectivity index (χ1v) is 7.72. The fourth-order valence-electron chi connectivity index (χ4n) is 2.09. The molecule has 1 N–H and O–H groups in total. The lowest BCUT2D eigenvalue weighted by atomic mass is 10.1. The van der Waals surface area contributed by atoms with Crippen molar-refractivity contribution < 1.29 is 4.79 Å². The Morgan fingerprint density at radius 3 is 3.22 bits per heavy atom. The Balaban J connectivity index is 1.69. The van der Waals surface area contributed by atoms with Crippen molar-refractivity contribution in [1.82, 2.24) is 14.1 Å². The summed E-state index contributed by atoms with van der Waals surface area (Å²) in [7, 11) is 0. The molecule has 0 bridgehead atoms. The SMILES string of the molecule is O=C(NCc1cccc2nsnc12)C1CCCS1. The predicted molar refractivity (Wildman–Crippen MR) is 74.7 cm³/mol. The average Bonchev–Trinajstić information content (AvgIpc) is 3.05. The minimum absolute atomic E-state index is 0.137. The molecule has 94 valence electrons. The molecular formula is C12H13N3OS2. The van der Waals surface area contributed by atoms with Crippen LogP contribution in [0.4, 0.5) is 0 Å². The summed E-state index contributed by atoms with van der Waals surface area (Å²) >= 11 is 2.96. The third kappa shape index (κ3) is 2.35. The zero-order valence-electron chi connectivity index (χ0n) is 9.76. The second kappa shape index (κ2) is 5.24. The van der Waals surface area contributed by atoms with E-state index < -0.39 is 0 Å². The average molecular weight is 279 g/mol. The van der Waals surface area contributed by atoms with Crippen molar-refractivity contribution in [2.24, 2.45) is 0 Å². The van der Waals surface area contributed by atoms with Gasteiger partial charge in [-0.2, -0.15) is 8.75 Å². The molecule has 2 aromatic rings. The van der Waals surface area contributed by atoms with Gasteiger partial charge in [0.05, 0.1) is 17.0 Å². The second-order valence-corrected chi connectivity index (χ2v) is 6.11. The van der Waals surface area contributed by atoms with Gasteiger partial charge in [-0.3, -0.25) is 4.79 Å². The zero-order valence-corrected chi connectivity index (χ0v) is 11.4. The number of thioether (sulfide) groups is 1. The number of nitrogens with zero attached hydrogens (tertiary/aromatic N) is 2. The van der Waals surface area contributed by atoms with Gasteiger partial charge in [0, 0.05) is 12.1 Å². The largest absolute Gasteiger partial charge is 0.351 e. The van der Waals surface area contributed by atoms with E-state index in [0.717, 1.165) is 35.2 Å². The molecule has 3 rings (SSSR count). The van der Waals surface area contributed by atoms with Crippen LogP contribution in [0.1, 0.15) is 18.4 Å². The van der Waals surface area contributed by atoms with Gasteiger partial charge in [0.25, 0.3) is 0 Å². The third-order valence-electron chi connectivity index (χ3n) is 3.04. The minimum Gasteiger partial charge on any atom is -0.351 e. The van der Waals surface area contributed by atoms with Crippen LogP contribution in [-0.4, -0.2) is 25.7 Å². The van der Waals surface area contributed by atoms with Crippen LogP contribution in [0.5, 0.6) is 0 Å². The summed E-state index contributed by atoms with van der Waals surface area (Å²) in [6.45, 7) is 0.540. The first kappa shape index (κ1) is 11.9. The van der Waals surface area contributed by atoms with Crippen molar-refractivity contribution in [3.63, 3.8) is 0 Å². The number of carbonyl (C=O) groups excluding carboxylic acids is 1. The molecule has 1 amide bonds. The molecular weight excluding hydrogens is 266 g/mol. The molecule has 1 aliphatic rings. The Kier molecular flexibility index (Phi) is 3.47. The molecule has 6 heteroatoms. The van der Waals surface area contributed by atoms with Crippen molar-refractivity contribution >= 4 is 40.4 Å². The van der Waals surface area contributed by atoms with Gasteiger partial charge in [-0.15, -0.1) is 11.8 Å². The summed E-state index contributed by atoms with van der Waals surface area (Å²) < 4.78 is 8.47. The summed E-state index contributed by atoms with van der Waals surface area (Å²) in [6.07, 6.45) is 2.15. The number of amides is 1. The predicted octanol–water partition coefficient (Wildman–Crippen LogP) is 2.20. The van der Waals surface area contributed by atoms with E-state index in [-0.39, 0.29) is 11.2 Å². The molecule has 1 aromatic carbocycles. The highest BCUT2D eigenvalue weighted by molar-refractivity contribution is 8.00. The van der Waals surface area contributed by atoms with E-state index in [2.05, 4.69) is 14.1 Å². The molecule has 1 aromatic heterocycles. The normalized spacial score (nSPS) is 19.2. The quantitative estimate of drug-likeness (QED) is 0.936. The van der Waals surface area contributed by atoms with Crippen molar-refractivity contribution in [2.75, 3.05) is 5.75 Å². The monoisotopic (exact) mass is 279 g/mol. The van der Waals surface area contributed by atoms with Gasteiger partial charge in [-0.1, -0.05) is 12.1 Å². The summed E-state index contributed by atoms with van der Waals surface area (Å²) in [5.74, 6) is 1.25. The summed E-state index contributed by atoms with van der Waals surface area (Å²) in [5, 5.41) is 3.14. The first-order chi connectivity index (χ1) is 8.84. The molecule has 1 saturated heterocycles. The standard InChI is InChI=1S/C12H13N3OS2/c16-12(10-5-2-6-17-10)13-7-8-3-1-4-9-11(8)15-18-14-9/h1,3-4,10H,2,5-7H2,(H,13,16). The Morgan fingerprint density at radius 2 is 2.39 bits per heavy atom. The maximum absolute atomic E-state index is 11.9. The van der Waals surface area contributed by atoms with Crippen LogP contribution in [0.15, 0.2) is 18.2 Å². The summed E-state index contributed by atoms with van der Waals surface area (Å²) in [6, 6.07) is 5.89. The van der Waals surface area contributed by atoms with Crippen LogP contribution in [0, 0.1) is 0 Å². The van der Waals surface area contributed by atoms with Gasteiger partial charge in [0.2, 0.25) is 5.91 Å². The van der Waals surface area contributed by atoms with E-state index >= 15 is 0 Å². The fraction of sp³-hybridized carbons (Fsp3) is 0.417. The number of carbonyl (C=O) groups is 1. The molecule has 1 fully saturated rings. The molecule has 0 spiro atoms. The van der Waals surface area contributed by atoms with Crippen LogP contribution in [0.2, 0.25) is 0 Å². The van der Waals surface area contributed by atoms with Crippen LogP contribution in [0.3, 0.4) is 0 Å². The van der Waals surface area contributed by atoms with Gasteiger partial charge in [0.1, 0.15) is 11.0 Å². The smallest absolute Gasteiger partial charge is 0.233 e. The van der Waals surface area contributed by atoms with Crippen molar-refractivity contribution in [2.45, 2.75) is 24.6 Å². The van der Waals surface area contributed by atoms with E-state index in [1.54, 1.807) is 11.8 Å². The van der Waals surface area contributed by atoms with Gasteiger partial charge >= 0.3 is 0 Å². The first-order valence-electron chi connectivity index (χ1n) is 5.94. The van der Waals surface area contributed by atoms with Crippen molar-refractivity contribution in [3.05, 3.63) is 23.8 Å². The van der Waals surface area contributed by atoms with E-state index in [1.165, 1.54) is 11.7 Å². The maximum atomic E-state index is 11.9. The topological polar surface area (TPSA) is 54.9 Å². The third-order valence-corrected chi connectivity index (χ3v) is 4.96. The highest BCUT2D eigenvalue weighted by Gasteiger charge is 2.23. The number of rotatable bonds is 3. The van der Waals surface area contributed by atoms with Gasteiger partial charge in [0.15, 0.2) is 0 Å². The summed E-state index contributed by atoms with van der Waals surface area (Å²) in [5.41, 5.74) is 2.85. The Hall–Kier alpha value is -1.14. The molecule has 18 heavy (non-hydrogen) atoms. The lowest BCUT2D eigenvalue weighted by molar-refractivity contribution is -0.120. The van der Waals surface area contributed by atoms with Crippen LogP contribution in [0.25, 0.3) is 11.0 Å². The van der Waals surface area contributed by atoms with E-state index in [1.807, 2.05) is 18.2 Å². The molecule has 4 nitrogen and oxygen atoms in total. The number of aromatic nitrogens is 2. The Morgan fingerprint density at radius 1 is 1.44 bits per heavy atom. The van der Waals surface area contributed by atoms with Crippen LogP contribution >= 0.6 is 23.5 Å². The number of nitrogens with one attached hydrogen (secondary N) is 1. The minimum atomic E-state index is 0.137. The highest BCUT2D eigenvalue weighted by Crippen LogP contribution is 2.26. The molecule has 1 aliphatic heterocycles. The lowest BCUT2D eigenvalue weighted by Gasteiger charge is -2.09. The van der Waals surface area contributed by atoms with Crippen molar-refractivity contribution in [3.8, 4) is 0 Å². The molecule has 0 saturated carbocycles. The Labute approximate surface area is 113 Å². The van der Waals surface area contributed by atoms with E-state index in [0.29, 0.717) is 6.54 Å². The highest BCUT2D eigenvalue weighted by atomic mass is 32.2. The molecule has 0 radical (unpaired) electrons. The number of fused-ring (bicyclic) bond motifs is 1. The van der Waals surface area contributed by atoms with Gasteiger partial charge in [-0.25, -0.2) is 0 Å². The second-order valence-electron chi connectivity index (χ2n) is 4.27. The number of hydrogen-bond donors (Lipinski definition) is 1. The fourth-order valence-corrected chi connectivity index (χ4v) is 3.84. The maximum Gasteiger partial charge on any atom is 0.233 e. The van der Waals surface area contributed by atoms with E-state index in [9.17, 15) is 4.79 Å². The number of hydrogen-bond acceptors (Lipinski definition) is 5. The number of benzene rings is 1. The molecule has 1 atom stereocenters. The van der Waals surface area contributed by atoms with Crippen LogP contribution in [-0.2, 0) is 11.3 Å². The van der Waals surface area contributed by atoms with Gasteiger partial charge in [-0.05, 0) is 24.7 Å². The molecule has 0 aliphatic carbocycles. The molecule has 1 unspecified atom stereocenters. The van der Waals surface area contributed by atoms with Crippen LogP contribution < -0.4 is 5.32 Å². The summed E-state index contributed by atoms with van der Waals surface area (Å²) in [4.78, 5) is 11.9. The zero-order chi connectivity index (χ0) is 12.4.